The Bertz CT molecular complexity index is 242. The van der Waals surface area contributed by atoms with Crippen LogP contribution < -0.4 is 10.6 Å². The van der Waals surface area contributed by atoms with E-state index in [1.54, 1.807) is 6.92 Å². The lowest BCUT2D eigenvalue weighted by Gasteiger charge is -2.23. The minimum absolute atomic E-state index is 0.473. The van der Waals surface area contributed by atoms with E-state index in [0.717, 1.165) is 6.42 Å². The van der Waals surface area contributed by atoms with Crippen molar-refractivity contribution in [3.63, 3.8) is 0 Å². The summed E-state index contributed by atoms with van der Waals surface area (Å²) in [7, 11) is 0. The molecule has 2 aliphatic rings. The molecule has 0 aromatic carbocycles. The summed E-state index contributed by atoms with van der Waals surface area (Å²) in [5.74, 6) is 0.523. The van der Waals surface area contributed by atoms with Gasteiger partial charge in [-0.25, -0.2) is 0 Å². The first-order chi connectivity index (χ1) is 7.44. The maximum Gasteiger partial charge on any atom is 0.390 e. The van der Waals surface area contributed by atoms with Crippen molar-refractivity contribution in [2.75, 3.05) is 6.54 Å². The van der Waals surface area contributed by atoms with Crippen LogP contribution in [-0.4, -0.2) is 30.8 Å². The van der Waals surface area contributed by atoms with Crippen molar-refractivity contribution < 1.29 is 13.2 Å². The van der Waals surface area contributed by atoms with Gasteiger partial charge in [-0.3, -0.25) is 0 Å². The van der Waals surface area contributed by atoms with Gasteiger partial charge in [0.15, 0.2) is 0 Å². The van der Waals surface area contributed by atoms with Gasteiger partial charge in [-0.15, -0.1) is 0 Å². The molecule has 2 nitrogen and oxygen atoms in total. The van der Waals surface area contributed by atoms with Gasteiger partial charge in [0.2, 0.25) is 0 Å². The van der Waals surface area contributed by atoms with Crippen molar-refractivity contribution in [1.29, 1.82) is 0 Å². The Morgan fingerprint density at radius 1 is 1.38 bits per heavy atom. The summed E-state index contributed by atoms with van der Waals surface area (Å²) in [6.07, 6.45) is -1.25. The first kappa shape index (κ1) is 12.2. The van der Waals surface area contributed by atoms with Gasteiger partial charge in [0.25, 0.3) is 0 Å². The van der Waals surface area contributed by atoms with Gasteiger partial charge in [-0.1, -0.05) is 0 Å². The maximum atomic E-state index is 12.1. The van der Waals surface area contributed by atoms with Crippen LogP contribution in [0.3, 0.4) is 0 Å². The van der Waals surface area contributed by atoms with Gasteiger partial charge >= 0.3 is 6.18 Å². The largest absolute Gasteiger partial charge is 0.390 e. The number of fused-ring (bicyclic) bond motifs is 2. The molecule has 4 atom stereocenters. The third-order valence-electron chi connectivity index (χ3n) is 3.70. The molecule has 94 valence electrons. The Kier molecular flexibility index (Phi) is 3.45. The number of alkyl halides is 3. The lowest BCUT2D eigenvalue weighted by molar-refractivity contribution is -0.139. The van der Waals surface area contributed by atoms with Crippen LogP contribution in [0.2, 0.25) is 0 Å². The highest BCUT2D eigenvalue weighted by atomic mass is 19.4. The van der Waals surface area contributed by atoms with Crippen molar-refractivity contribution >= 4 is 0 Å². The SMILES string of the molecule is CC(CC(F)(F)F)NCC1CC2CCC1N2. The molecule has 0 radical (unpaired) electrons. The van der Waals surface area contributed by atoms with Crippen molar-refractivity contribution in [3.05, 3.63) is 0 Å². The fourth-order valence-corrected chi connectivity index (χ4v) is 2.94. The predicted octanol–water partition coefficient (Wildman–Crippen LogP) is 2.06. The molecule has 0 spiro atoms. The van der Waals surface area contributed by atoms with E-state index >= 15 is 0 Å². The predicted molar refractivity (Wildman–Crippen MR) is 56.2 cm³/mol. The zero-order chi connectivity index (χ0) is 11.8. The second kappa shape index (κ2) is 4.53. The summed E-state index contributed by atoms with van der Waals surface area (Å²) >= 11 is 0. The molecule has 5 heteroatoms. The monoisotopic (exact) mass is 236 g/mol. The summed E-state index contributed by atoms with van der Waals surface area (Å²) in [4.78, 5) is 0. The number of halogens is 3. The van der Waals surface area contributed by atoms with Crippen LogP contribution >= 0.6 is 0 Å². The summed E-state index contributed by atoms with van der Waals surface area (Å²) in [6, 6.07) is 0.685. The van der Waals surface area contributed by atoms with E-state index < -0.39 is 18.6 Å². The quantitative estimate of drug-likeness (QED) is 0.780. The highest BCUT2D eigenvalue weighted by Crippen LogP contribution is 2.32. The van der Waals surface area contributed by atoms with Crippen LogP contribution in [0.5, 0.6) is 0 Å². The Balaban J connectivity index is 1.68. The summed E-state index contributed by atoms with van der Waals surface area (Å²) in [5, 5.41) is 6.49. The Morgan fingerprint density at radius 3 is 2.62 bits per heavy atom. The normalized spacial score (nSPS) is 35.6. The van der Waals surface area contributed by atoms with Crippen molar-refractivity contribution in [3.8, 4) is 0 Å². The topological polar surface area (TPSA) is 24.1 Å². The number of rotatable bonds is 4. The average Bonchev–Trinajstić information content (AvgIpc) is 2.72. The molecule has 0 saturated carbocycles. The summed E-state index contributed by atoms with van der Waals surface area (Å²) in [5.41, 5.74) is 0. The van der Waals surface area contributed by atoms with E-state index in [0.29, 0.717) is 24.5 Å². The molecule has 2 saturated heterocycles. The van der Waals surface area contributed by atoms with Crippen LogP contribution in [0.4, 0.5) is 13.2 Å². The number of nitrogens with one attached hydrogen (secondary N) is 2. The molecule has 2 rings (SSSR count). The average molecular weight is 236 g/mol. The van der Waals surface area contributed by atoms with E-state index in [9.17, 15) is 13.2 Å². The molecule has 2 N–H and O–H groups in total. The highest BCUT2D eigenvalue weighted by molar-refractivity contribution is 4.98. The molecule has 4 unspecified atom stereocenters. The summed E-state index contributed by atoms with van der Waals surface area (Å²) in [6.45, 7) is 2.32. The van der Waals surface area contributed by atoms with Crippen LogP contribution in [0, 0.1) is 5.92 Å². The van der Waals surface area contributed by atoms with Gasteiger partial charge in [-0.2, -0.15) is 13.2 Å². The van der Waals surface area contributed by atoms with Crippen LogP contribution in [0.1, 0.15) is 32.6 Å². The molecular weight excluding hydrogens is 217 g/mol. The van der Waals surface area contributed by atoms with Gasteiger partial charge in [0, 0.05) is 18.1 Å². The van der Waals surface area contributed by atoms with Gasteiger partial charge < -0.3 is 10.6 Å². The fraction of sp³-hybridized carbons (Fsp3) is 1.00. The van der Waals surface area contributed by atoms with Crippen LogP contribution in [0.25, 0.3) is 0 Å². The molecule has 2 heterocycles. The van der Waals surface area contributed by atoms with Gasteiger partial charge in [0.1, 0.15) is 0 Å². The molecular formula is C11H19F3N2. The second-order valence-corrected chi connectivity index (χ2v) is 5.17. The number of hydrogen-bond donors (Lipinski definition) is 2. The third-order valence-corrected chi connectivity index (χ3v) is 3.70. The molecule has 0 amide bonds. The van der Waals surface area contributed by atoms with Crippen molar-refractivity contribution in [1.82, 2.24) is 10.6 Å². The van der Waals surface area contributed by atoms with Gasteiger partial charge in [0.05, 0.1) is 6.42 Å². The standard InChI is InChI=1S/C11H19F3N2/c1-7(5-11(12,13)14)15-6-8-4-9-2-3-10(8)16-9/h7-10,15-16H,2-6H2,1H3. The maximum absolute atomic E-state index is 12.1. The first-order valence-electron chi connectivity index (χ1n) is 6.00. The molecule has 2 aliphatic heterocycles. The molecule has 0 aromatic rings. The number of hydrogen-bond acceptors (Lipinski definition) is 2. The van der Waals surface area contributed by atoms with E-state index in [-0.39, 0.29) is 0 Å². The Morgan fingerprint density at radius 2 is 2.12 bits per heavy atom. The van der Waals surface area contributed by atoms with Crippen molar-refractivity contribution in [2.45, 2.75) is 56.9 Å². The fourth-order valence-electron chi connectivity index (χ4n) is 2.94. The third kappa shape index (κ3) is 3.10. The molecule has 2 bridgehead atoms. The van der Waals surface area contributed by atoms with Crippen LogP contribution in [-0.2, 0) is 0 Å². The molecule has 2 fully saturated rings. The van der Waals surface area contributed by atoms with Crippen LogP contribution in [0.15, 0.2) is 0 Å². The van der Waals surface area contributed by atoms with E-state index in [1.165, 1.54) is 12.8 Å². The first-order valence-corrected chi connectivity index (χ1v) is 6.00. The van der Waals surface area contributed by atoms with Crippen molar-refractivity contribution in [2.24, 2.45) is 5.92 Å². The molecule has 0 aliphatic carbocycles. The van der Waals surface area contributed by atoms with E-state index in [1.807, 2.05) is 0 Å². The van der Waals surface area contributed by atoms with E-state index in [2.05, 4.69) is 10.6 Å². The second-order valence-electron chi connectivity index (χ2n) is 5.17. The highest BCUT2D eigenvalue weighted by Gasteiger charge is 2.39. The molecule has 16 heavy (non-hydrogen) atoms. The minimum atomic E-state index is -4.06. The lowest BCUT2D eigenvalue weighted by Crippen LogP contribution is -2.38. The molecule has 0 aromatic heterocycles. The lowest BCUT2D eigenvalue weighted by atomic mass is 9.89. The summed E-state index contributed by atoms with van der Waals surface area (Å²) < 4.78 is 36.3. The smallest absolute Gasteiger partial charge is 0.314 e. The Labute approximate surface area is 94.0 Å². The zero-order valence-corrected chi connectivity index (χ0v) is 9.48. The Hall–Kier alpha value is -0.290. The van der Waals surface area contributed by atoms with E-state index in [4.69, 9.17) is 0 Å². The minimum Gasteiger partial charge on any atom is -0.314 e. The zero-order valence-electron chi connectivity index (χ0n) is 9.48. The van der Waals surface area contributed by atoms with Gasteiger partial charge in [-0.05, 0) is 38.6 Å².